The predicted molar refractivity (Wildman–Crippen MR) is 85.6 cm³/mol. The summed E-state index contributed by atoms with van der Waals surface area (Å²) >= 11 is 6.04. The molecule has 0 bridgehead atoms. The van der Waals surface area contributed by atoms with Crippen LogP contribution in [0.2, 0.25) is 5.02 Å². The summed E-state index contributed by atoms with van der Waals surface area (Å²) in [4.78, 5) is 16.8. The number of nitrogens with zero attached hydrogens (tertiary/aromatic N) is 2. The van der Waals surface area contributed by atoms with Crippen LogP contribution < -0.4 is 10.6 Å². The minimum Gasteiger partial charge on any atom is -0.368 e. The van der Waals surface area contributed by atoms with Crippen LogP contribution in [0.3, 0.4) is 0 Å². The largest absolute Gasteiger partial charge is 0.368 e. The Balaban J connectivity index is 1.59. The average molecular weight is 308 g/mol. The molecule has 1 aliphatic carbocycles. The van der Waals surface area contributed by atoms with Gasteiger partial charge in [0.15, 0.2) is 0 Å². The van der Waals surface area contributed by atoms with E-state index in [1.807, 2.05) is 23.1 Å². The zero-order chi connectivity index (χ0) is 14.8. The summed E-state index contributed by atoms with van der Waals surface area (Å²) in [5, 5.41) is 0.753. The van der Waals surface area contributed by atoms with Crippen molar-refractivity contribution < 1.29 is 4.79 Å². The molecule has 1 aromatic carbocycles. The first-order valence-electron chi connectivity index (χ1n) is 7.70. The van der Waals surface area contributed by atoms with Gasteiger partial charge in [-0.25, -0.2) is 0 Å². The van der Waals surface area contributed by atoms with Crippen LogP contribution in [0, 0.1) is 5.92 Å². The first-order chi connectivity index (χ1) is 10.1. The van der Waals surface area contributed by atoms with E-state index >= 15 is 0 Å². The average Bonchev–Trinajstić information content (AvgIpc) is 2.93. The second-order valence-corrected chi connectivity index (χ2v) is 6.43. The quantitative estimate of drug-likeness (QED) is 0.910. The molecule has 3 rings (SSSR count). The zero-order valence-electron chi connectivity index (χ0n) is 12.2. The summed E-state index contributed by atoms with van der Waals surface area (Å²) in [5.41, 5.74) is 7.18. The fraction of sp³-hybridized carbons (Fsp3) is 0.562. The molecular weight excluding hydrogens is 286 g/mol. The number of benzene rings is 1. The van der Waals surface area contributed by atoms with Crippen molar-refractivity contribution in [2.24, 2.45) is 11.7 Å². The Morgan fingerprint density at radius 1 is 1.19 bits per heavy atom. The lowest BCUT2D eigenvalue weighted by molar-refractivity contribution is -0.136. The molecule has 0 spiro atoms. The number of carbonyl (C=O) groups is 1. The molecule has 2 fully saturated rings. The molecule has 4 nitrogen and oxygen atoms in total. The van der Waals surface area contributed by atoms with Crippen molar-refractivity contribution in [3.05, 3.63) is 29.3 Å². The summed E-state index contributed by atoms with van der Waals surface area (Å²) in [6, 6.07) is 7.95. The number of rotatable bonds is 2. The smallest absolute Gasteiger partial charge is 0.227 e. The van der Waals surface area contributed by atoms with Crippen LogP contribution in [-0.4, -0.2) is 43.0 Å². The molecule has 0 aromatic heterocycles. The Morgan fingerprint density at radius 2 is 1.95 bits per heavy atom. The molecule has 2 atom stereocenters. The normalized spacial score (nSPS) is 26.2. The topological polar surface area (TPSA) is 49.6 Å². The van der Waals surface area contributed by atoms with Crippen molar-refractivity contribution in [3.63, 3.8) is 0 Å². The second kappa shape index (κ2) is 6.24. The fourth-order valence-electron chi connectivity index (χ4n) is 3.39. The van der Waals surface area contributed by atoms with Gasteiger partial charge in [0, 0.05) is 42.9 Å². The van der Waals surface area contributed by atoms with Crippen LogP contribution in [0.15, 0.2) is 24.3 Å². The lowest BCUT2D eigenvalue weighted by Gasteiger charge is -2.37. The predicted octanol–water partition coefficient (Wildman–Crippen LogP) is 2.12. The van der Waals surface area contributed by atoms with E-state index in [-0.39, 0.29) is 17.9 Å². The summed E-state index contributed by atoms with van der Waals surface area (Å²) in [5.74, 6) is 0.300. The molecule has 1 aromatic rings. The molecule has 114 valence electrons. The maximum absolute atomic E-state index is 12.5. The minimum absolute atomic E-state index is 0.0442. The third kappa shape index (κ3) is 3.16. The second-order valence-electron chi connectivity index (χ2n) is 5.99. The van der Waals surface area contributed by atoms with Crippen LogP contribution in [0.4, 0.5) is 5.69 Å². The van der Waals surface area contributed by atoms with E-state index in [2.05, 4.69) is 11.0 Å². The Labute approximate surface area is 130 Å². The molecule has 1 saturated carbocycles. The lowest BCUT2D eigenvalue weighted by Crippen LogP contribution is -2.52. The maximum Gasteiger partial charge on any atom is 0.227 e. The molecule has 5 heteroatoms. The van der Waals surface area contributed by atoms with Crippen molar-refractivity contribution in [2.75, 3.05) is 31.1 Å². The van der Waals surface area contributed by atoms with Gasteiger partial charge in [0.25, 0.3) is 0 Å². The zero-order valence-corrected chi connectivity index (χ0v) is 12.9. The van der Waals surface area contributed by atoms with Crippen LogP contribution >= 0.6 is 11.6 Å². The molecule has 1 amide bonds. The highest BCUT2D eigenvalue weighted by atomic mass is 35.5. The lowest BCUT2D eigenvalue weighted by atomic mass is 10.0. The van der Waals surface area contributed by atoms with Gasteiger partial charge in [-0.15, -0.1) is 0 Å². The van der Waals surface area contributed by atoms with Crippen molar-refractivity contribution in [3.8, 4) is 0 Å². The van der Waals surface area contributed by atoms with Crippen LogP contribution in [-0.2, 0) is 4.79 Å². The van der Waals surface area contributed by atoms with Crippen LogP contribution in [0.1, 0.15) is 19.3 Å². The summed E-state index contributed by atoms with van der Waals surface area (Å²) in [7, 11) is 0. The number of halogens is 1. The Morgan fingerprint density at radius 3 is 2.57 bits per heavy atom. The highest BCUT2D eigenvalue weighted by Crippen LogP contribution is 2.27. The molecule has 2 unspecified atom stereocenters. The third-order valence-electron chi connectivity index (χ3n) is 4.65. The van der Waals surface area contributed by atoms with Crippen molar-refractivity contribution in [1.29, 1.82) is 0 Å². The molecule has 2 aliphatic rings. The van der Waals surface area contributed by atoms with Gasteiger partial charge in [-0.1, -0.05) is 24.1 Å². The van der Waals surface area contributed by atoms with E-state index in [1.165, 1.54) is 0 Å². The Kier molecular flexibility index (Phi) is 4.36. The van der Waals surface area contributed by atoms with E-state index in [0.717, 1.165) is 56.2 Å². The molecule has 1 heterocycles. The molecule has 1 aliphatic heterocycles. The molecule has 21 heavy (non-hydrogen) atoms. The van der Waals surface area contributed by atoms with Gasteiger partial charge in [-0.3, -0.25) is 4.79 Å². The van der Waals surface area contributed by atoms with Crippen LogP contribution in [0.25, 0.3) is 0 Å². The number of hydrogen-bond donors (Lipinski definition) is 1. The van der Waals surface area contributed by atoms with Crippen molar-refractivity contribution in [2.45, 2.75) is 25.3 Å². The molecule has 2 N–H and O–H groups in total. The first kappa shape index (κ1) is 14.7. The van der Waals surface area contributed by atoms with Gasteiger partial charge >= 0.3 is 0 Å². The van der Waals surface area contributed by atoms with E-state index in [9.17, 15) is 4.79 Å². The van der Waals surface area contributed by atoms with Gasteiger partial charge < -0.3 is 15.5 Å². The number of hydrogen-bond acceptors (Lipinski definition) is 3. The van der Waals surface area contributed by atoms with Gasteiger partial charge in [0.05, 0.1) is 5.92 Å². The Bertz CT molecular complexity index is 514. The molecule has 1 saturated heterocycles. The minimum atomic E-state index is 0.0442. The SMILES string of the molecule is NC1CCCC1C(=O)N1CCN(c2cccc(Cl)c2)CC1. The number of amides is 1. The van der Waals surface area contributed by atoms with Crippen LogP contribution in [0.5, 0.6) is 0 Å². The number of carbonyl (C=O) groups excluding carboxylic acids is 1. The Hall–Kier alpha value is -1.26. The molecule has 0 radical (unpaired) electrons. The summed E-state index contributed by atoms with van der Waals surface area (Å²) < 4.78 is 0. The summed E-state index contributed by atoms with van der Waals surface area (Å²) in [6.07, 6.45) is 3.02. The highest BCUT2D eigenvalue weighted by molar-refractivity contribution is 6.30. The van der Waals surface area contributed by atoms with E-state index in [1.54, 1.807) is 0 Å². The number of anilines is 1. The van der Waals surface area contributed by atoms with E-state index in [0.29, 0.717) is 0 Å². The standard InChI is InChI=1S/C16H22ClN3O/c17-12-3-1-4-13(11-12)19-7-9-20(10-8-19)16(21)14-5-2-6-15(14)18/h1,3-4,11,14-15H,2,5-10,18H2. The number of nitrogens with two attached hydrogens (primary N) is 1. The van der Waals surface area contributed by atoms with E-state index in [4.69, 9.17) is 17.3 Å². The van der Waals surface area contributed by atoms with E-state index < -0.39 is 0 Å². The summed E-state index contributed by atoms with van der Waals surface area (Å²) in [6.45, 7) is 3.26. The van der Waals surface area contributed by atoms with Crippen molar-refractivity contribution in [1.82, 2.24) is 4.90 Å². The maximum atomic E-state index is 12.5. The van der Waals surface area contributed by atoms with Gasteiger partial charge in [-0.2, -0.15) is 0 Å². The number of piperazine rings is 1. The fourth-order valence-corrected chi connectivity index (χ4v) is 3.57. The highest BCUT2D eigenvalue weighted by Gasteiger charge is 2.34. The van der Waals surface area contributed by atoms with Gasteiger partial charge in [0.2, 0.25) is 5.91 Å². The van der Waals surface area contributed by atoms with Crippen molar-refractivity contribution >= 4 is 23.2 Å². The first-order valence-corrected chi connectivity index (χ1v) is 8.08. The monoisotopic (exact) mass is 307 g/mol. The third-order valence-corrected chi connectivity index (χ3v) is 4.89. The molecular formula is C16H22ClN3O. The van der Waals surface area contributed by atoms with Gasteiger partial charge in [-0.05, 0) is 31.0 Å². The van der Waals surface area contributed by atoms with Gasteiger partial charge in [0.1, 0.15) is 0 Å².